The first-order valence-corrected chi connectivity index (χ1v) is 8.11. The third-order valence-corrected chi connectivity index (χ3v) is 4.70. The second kappa shape index (κ2) is 6.11. The number of carbonyl (C=O) groups is 1. The molecule has 0 radical (unpaired) electrons. The summed E-state index contributed by atoms with van der Waals surface area (Å²) < 4.78 is 2.36. The number of aromatic nitrogens is 1. The van der Waals surface area contributed by atoms with Crippen LogP contribution in [0.3, 0.4) is 0 Å². The first-order chi connectivity index (χ1) is 11.8. The molecular weight excluding hydrogens is 302 g/mol. The first-order valence-electron chi connectivity index (χ1n) is 8.11. The molecule has 2 aromatic carbocycles. The number of amides is 1. The van der Waals surface area contributed by atoms with Crippen LogP contribution < -0.4 is 10.8 Å². The van der Waals surface area contributed by atoms with Gasteiger partial charge in [-0.25, -0.2) is 5.48 Å². The standard InChI is InChI=1S/C19H19N3O2/c23-19(21-24)14-7-5-13(6-8-14)12-22-17-4-2-1-3-15(17)16-9-10-20-11-18(16)22/h1-8,20,24H,9-12H2,(H,21,23). The van der Waals surface area contributed by atoms with Crippen LogP contribution in [0.4, 0.5) is 0 Å². The van der Waals surface area contributed by atoms with Crippen LogP contribution in [0.15, 0.2) is 48.5 Å². The quantitative estimate of drug-likeness (QED) is 0.513. The van der Waals surface area contributed by atoms with Crippen LogP contribution in [-0.4, -0.2) is 22.2 Å². The zero-order chi connectivity index (χ0) is 16.5. The van der Waals surface area contributed by atoms with Crippen molar-refractivity contribution < 1.29 is 10.0 Å². The van der Waals surface area contributed by atoms with Crippen molar-refractivity contribution in [3.05, 3.63) is 70.9 Å². The molecule has 0 fully saturated rings. The summed E-state index contributed by atoms with van der Waals surface area (Å²) >= 11 is 0. The molecule has 2 heterocycles. The van der Waals surface area contributed by atoms with Crippen molar-refractivity contribution in [1.29, 1.82) is 0 Å². The molecular formula is C19H19N3O2. The summed E-state index contributed by atoms with van der Waals surface area (Å²) in [4.78, 5) is 11.4. The summed E-state index contributed by atoms with van der Waals surface area (Å²) in [6.07, 6.45) is 1.05. The Morgan fingerprint density at radius 2 is 1.96 bits per heavy atom. The van der Waals surface area contributed by atoms with Gasteiger partial charge in [-0.1, -0.05) is 30.3 Å². The molecule has 0 spiro atoms. The SMILES string of the molecule is O=C(NO)c1ccc(Cn2c3c(c4ccccc42)CCNC3)cc1. The largest absolute Gasteiger partial charge is 0.339 e. The Hall–Kier alpha value is -2.63. The summed E-state index contributed by atoms with van der Waals surface area (Å²) in [5.74, 6) is -0.491. The van der Waals surface area contributed by atoms with E-state index in [4.69, 9.17) is 5.21 Å². The minimum atomic E-state index is -0.491. The summed E-state index contributed by atoms with van der Waals surface area (Å²) in [6.45, 7) is 2.67. The Balaban J connectivity index is 1.73. The molecule has 0 saturated heterocycles. The molecule has 0 saturated carbocycles. The van der Waals surface area contributed by atoms with Crippen molar-refractivity contribution in [2.24, 2.45) is 0 Å². The smallest absolute Gasteiger partial charge is 0.274 e. The number of benzene rings is 2. The highest BCUT2D eigenvalue weighted by Gasteiger charge is 2.19. The van der Waals surface area contributed by atoms with Crippen LogP contribution >= 0.6 is 0 Å². The average molecular weight is 321 g/mol. The van der Waals surface area contributed by atoms with Gasteiger partial charge in [0.2, 0.25) is 0 Å². The maximum atomic E-state index is 11.4. The number of para-hydroxylation sites is 1. The number of carbonyl (C=O) groups excluding carboxylic acids is 1. The van der Waals surface area contributed by atoms with Gasteiger partial charge >= 0.3 is 0 Å². The number of hydroxylamine groups is 1. The number of fused-ring (bicyclic) bond motifs is 3. The number of nitrogens with zero attached hydrogens (tertiary/aromatic N) is 1. The van der Waals surface area contributed by atoms with E-state index >= 15 is 0 Å². The Bertz CT molecular complexity index is 897. The van der Waals surface area contributed by atoms with E-state index in [1.54, 1.807) is 17.6 Å². The number of hydrogen-bond donors (Lipinski definition) is 3. The molecule has 1 aliphatic heterocycles. The molecule has 0 aliphatic carbocycles. The lowest BCUT2D eigenvalue weighted by atomic mass is 10.0. The molecule has 24 heavy (non-hydrogen) atoms. The van der Waals surface area contributed by atoms with E-state index in [-0.39, 0.29) is 0 Å². The minimum absolute atomic E-state index is 0.447. The number of nitrogens with one attached hydrogen (secondary N) is 2. The minimum Gasteiger partial charge on any atom is -0.339 e. The third kappa shape index (κ3) is 2.48. The van der Waals surface area contributed by atoms with E-state index in [1.807, 2.05) is 12.1 Å². The zero-order valence-electron chi connectivity index (χ0n) is 13.2. The molecule has 5 nitrogen and oxygen atoms in total. The first kappa shape index (κ1) is 14.9. The lowest BCUT2D eigenvalue weighted by Gasteiger charge is -2.17. The van der Waals surface area contributed by atoms with E-state index in [1.165, 1.54) is 22.2 Å². The second-order valence-corrected chi connectivity index (χ2v) is 6.09. The topological polar surface area (TPSA) is 66.3 Å². The van der Waals surface area contributed by atoms with Crippen molar-refractivity contribution >= 4 is 16.8 Å². The third-order valence-electron chi connectivity index (χ3n) is 4.70. The maximum Gasteiger partial charge on any atom is 0.274 e. The summed E-state index contributed by atoms with van der Waals surface area (Å²) in [6, 6.07) is 15.9. The fourth-order valence-corrected chi connectivity index (χ4v) is 3.52. The molecule has 1 amide bonds. The van der Waals surface area contributed by atoms with E-state index in [2.05, 4.69) is 34.1 Å². The predicted octanol–water partition coefficient (Wildman–Crippen LogP) is 2.45. The van der Waals surface area contributed by atoms with E-state index in [0.717, 1.165) is 31.6 Å². The van der Waals surface area contributed by atoms with Gasteiger partial charge in [-0.2, -0.15) is 0 Å². The van der Waals surface area contributed by atoms with Gasteiger partial charge in [0.15, 0.2) is 0 Å². The van der Waals surface area contributed by atoms with Gasteiger partial charge in [-0.05, 0) is 42.3 Å². The average Bonchev–Trinajstić information content (AvgIpc) is 2.96. The van der Waals surface area contributed by atoms with E-state index in [9.17, 15) is 4.79 Å². The van der Waals surface area contributed by atoms with E-state index < -0.39 is 5.91 Å². The lowest BCUT2D eigenvalue weighted by molar-refractivity contribution is 0.0706. The Labute approximate surface area is 139 Å². The van der Waals surface area contributed by atoms with Gasteiger partial charge in [0.05, 0.1) is 0 Å². The molecule has 0 atom stereocenters. The summed E-state index contributed by atoms with van der Waals surface area (Å²) in [5.41, 5.74) is 7.27. The molecule has 4 rings (SSSR count). The van der Waals surface area contributed by atoms with Crippen LogP contribution in [-0.2, 0) is 19.5 Å². The molecule has 1 aromatic heterocycles. The van der Waals surface area contributed by atoms with Gasteiger partial charge in [0, 0.05) is 35.2 Å². The van der Waals surface area contributed by atoms with Crippen LogP contribution in [0.2, 0.25) is 0 Å². The van der Waals surface area contributed by atoms with Crippen molar-refractivity contribution in [3.8, 4) is 0 Å². The van der Waals surface area contributed by atoms with Crippen molar-refractivity contribution in [1.82, 2.24) is 15.4 Å². The van der Waals surface area contributed by atoms with Crippen LogP contribution in [0, 0.1) is 0 Å². The second-order valence-electron chi connectivity index (χ2n) is 6.09. The molecule has 122 valence electrons. The summed E-state index contributed by atoms with van der Waals surface area (Å²) in [7, 11) is 0. The van der Waals surface area contributed by atoms with Crippen molar-refractivity contribution in [2.45, 2.75) is 19.5 Å². The number of hydrogen-bond acceptors (Lipinski definition) is 3. The van der Waals surface area contributed by atoms with Crippen LogP contribution in [0.1, 0.15) is 27.2 Å². The normalized spacial score (nSPS) is 13.7. The maximum absolute atomic E-state index is 11.4. The zero-order valence-corrected chi connectivity index (χ0v) is 13.2. The Morgan fingerprint density at radius 3 is 2.75 bits per heavy atom. The fraction of sp³-hybridized carbons (Fsp3) is 0.211. The van der Waals surface area contributed by atoms with Crippen molar-refractivity contribution in [2.75, 3.05) is 6.54 Å². The van der Waals surface area contributed by atoms with E-state index in [0.29, 0.717) is 5.56 Å². The fourth-order valence-electron chi connectivity index (χ4n) is 3.52. The summed E-state index contributed by atoms with van der Waals surface area (Å²) in [5, 5.41) is 13.5. The molecule has 0 bridgehead atoms. The number of rotatable bonds is 3. The predicted molar refractivity (Wildman–Crippen MR) is 92.1 cm³/mol. The van der Waals surface area contributed by atoms with Gasteiger partial charge in [-0.3, -0.25) is 10.0 Å². The highest BCUT2D eigenvalue weighted by Crippen LogP contribution is 2.29. The molecule has 3 N–H and O–H groups in total. The highest BCUT2D eigenvalue weighted by molar-refractivity contribution is 5.93. The van der Waals surface area contributed by atoms with Crippen LogP contribution in [0.5, 0.6) is 0 Å². The molecule has 0 unspecified atom stereocenters. The molecule has 5 heteroatoms. The van der Waals surface area contributed by atoms with Crippen LogP contribution in [0.25, 0.3) is 10.9 Å². The molecule has 1 aliphatic rings. The Kier molecular flexibility index (Phi) is 3.80. The van der Waals surface area contributed by atoms with Gasteiger partial charge in [0.25, 0.3) is 5.91 Å². The van der Waals surface area contributed by atoms with Gasteiger partial charge < -0.3 is 9.88 Å². The van der Waals surface area contributed by atoms with Crippen molar-refractivity contribution in [3.63, 3.8) is 0 Å². The Morgan fingerprint density at radius 1 is 1.17 bits per heavy atom. The van der Waals surface area contributed by atoms with Gasteiger partial charge in [0.1, 0.15) is 0 Å². The molecule has 3 aromatic rings. The highest BCUT2D eigenvalue weighted by atomic mass is 16.5. The lowest BCUT2D eigenvalue weighted by Crippen LogP contribution is -2.25. The van der Waals surface area contributed by atoms with Gasteiger partial charge in [-0.15, -0.1) is 0 Å². The monoisotopic (exact) mass is 321 g/mol.